The Morgan fingerprint density at radius 1 is 1.24 bits per heavy atom. The summed E-state index contributed by atoms with van der Waals surface area (Å²) in [4.78, 5) is 10.2. The van der Waals surface area contributed by atoms with Crippen molar-refractivity contribution in [1.29, 1.82) is 0 Å². The van der Waals surface area contributed by atoms with Gasteiger partial charge in [0, 0.05) is 14.2 Å². The number of benzene rings is 1. The van der Waals surface area contributed by atoms with Gasteiger partial charge in [0.1, 0.15) is 6.29 Å². The molecule has 0 saturated carbocycles. The van der Waals surface area contributed by atoms with E-state index in [9.17, 15) is 4.79 Å². The number of methoxy groups -OCH3 is 2. The Hall–Kier alpha value is -0.840. The van der Waals surface area contributed by atoms with Gasteiger partial charge in [-0.05, 0) is 18.9 Å². The number of rotatable bonds is 5. The quantitative estimate of drug-likeness (QED) is 0.499. The van der Waals surface area contributed by atoms with Crippen molar-refractivity contribution in [3.8, 4) is 0 Å². The van der Waals surface area contributed by atoms with Crippen LogP contribution in [0.3, 0.4) is 0 Å². The zero-order valence-corrected chi connectivity index (χ0v) is 11.4. The second-order valence-corrected chi connectivity index (χ2v) is 4.10. The maximum absolute atomic E-state index is 10.2. The largest absolute Gasteiger partial charge is 0.356 e. The van der Waals surface area contributed by atoms with E-state index in [1.807, 2.05) is 37.3 Å². The van der Waals surface area contributed by atoms with E-state index in [0.717, 1.165) is 11.8 Å². The Kier molecular flexibility index (Phi) is 9.81. The van der Waals surface area contributed by atoms with Crippen molar-refractivity contribution in [2.75, 3.05) is 14.2 Å². The van der Waals surface area contributed by atoms with Gasteiger partial charge in [-0.25, -0.2) is 0 Å². The predicted octanol–water partition coefficient (Wildman–Crippen LogP) is 2.35. The SMILES string of the molecule is COC(C)OC.O=CC(S)Cc1ccccc1. The van der Waals surface area contributed by atoms with E-state index in [-0.39, 0.29) is 11.5 Å². The van der Waals surface area contributed by atoms with Crippen molar-refractivity contribution < 1.29 is 14.3 Å². The molecule has 0 saturated heterocycles. The Morgan fingerprint density at radius 3 is 2.12 bits per heavy atom. The Balaban J connectivity index is 0.000000366. The van der Waals surface area contributed by atoms with E-state index in [0.29, 0.717) is 6.42 Å². The molecule has 1 unspecified atom stereocenters. The van der Waals surface area contributed by atoms with Crippen LogP contribution in [-0.2, 0) is 20.7 Å². The highest BCUT2D eigenvalue weighted by Gasteiger charge is 2.00. The fourth-order valence-electron chi connectivity index (χ4n) is 1.000. The average molecular weight is 256 g/mol. The van der Waals surface area contributed by atoms with Crippen LogP contribution in [0.4, 0.5) is 0 Å². The molecule has 4 heteroatoms. The van der Waals surface area contributed by atoms with Gasteiger partial charge in [0.15, 0.2) is 6.29 Å². The van der Waals surface area contributed by atoms with Gasteiger partial charge >= 0.3 is 0 Å². The minimum atomic E-state index is -0.169. The molecular formula is C13H20O3S. The lowest BCUT2D eigenvalue weighted by Gasteiger charge is -2.03. The summed E-state index contributed by atoms with van der Waals surface area (Å²) in [5.41, 5.74) is 1.15. The highest BCUT2D eigenvalue weighted by atomic mass is 32.1. The van der Waals surface area contributed by atoms with Crippen LogP contribution in [0.25, 0.3) is 0 Å². The zero-order valence-electron chi connectivity index (χ0n) is 10.5. The van der Waals surface area contributed by atoms with Crippen molar-refractivity contribution in [2.24, 2.45) is 0 Å². The summed E-state index contributed by atoms with van der Waals surface area (Å²) in [5.74, 6) is 0. The molecule has 1 atom stereocenters. The molecule has 3 nitrogen and oxygen atoms in total. The minimum absolute atomic E-state index is 0.0648. The standard InChI is InChI=1S/C9H10OS.C4H10O2/c10-7-9(11)6-8-4-2-1-3-5-8;1-4(5-2)6-3/h1-5,7,9,11H,6H2;4H,1-3H3. The van der Waals surface area contributed by atoms with Crippen molar-refractivity contribution in [1.82, 2.24) is 0 Å². The van der Waals surface area contributed by atoms with Crippen molar-refractivity contribution >= 4 is 18.9 Å². The number of carbonyl (C=O) groups excluding carboxylic acids is 1. The molecule has 0 aliphatic heterocycles. The zero-order chi connectivity index (χ0) is 13.1. The van der Waals surface area contributed by atoms with Crippen molar-refractivity contribution in [3.63, 3.8) is 0 Å². The van der Waals surface area contributed by atoms with Crippen LogP contribution < -0.4 is 0 Å². The van der Waals surface area contributed by atoms with E-state index >= 15 is 0 Å². The monoisotopic (exact) mass is 256 g/mol. The van der Waals surface area contributed by atoms with Crippen LogP contribution in [-0.4, -0.2) is 32.0 Å². The van der Waals surface area contributed by atoms with Gasteiger partial charge in [-0.15, -0.1) is 0 Å². The summed E-state index contributed by atoms with van der Waals surface area (Å²) in [6, 6.07) is 9.86. The number of hydrogen-bond donors (Lipinski definition) is 1. The average Bonchev–Trinajstić information content (AvgIpc) is 2.39. The molecule has 0 amide bonds. The molecule has 0 aliphatic rings. The molecule has 0 spiro atoms. The van der Waals surface area contributed by atoms with Gasteiger partial charge in [-0.1, -0.05) is 30.3 Å². The van der Waals surface area contributed by atoms with Crippen LogP contribution in [0.1, 0.15) is 12.5 Å². The Bertz CT molecular complexity index is 286. The minimum Gasteiger partial charge on any atom is -0.356 e. The van der Waals surface area contributed by atoms with Gasteiger partial charge < -0.3 is 14.3 Å². The molecule has 17 heavy (non-hydrogen) atoms. The summed E-state index contributed by atoms with van der Waals surface area (Å²) < 4.78 is 9.35. The third-order valence-electron chi connectivity index (χ3n) is 2.11. The van der Waals surface area contributed by atoms with E-state index in [1.54, 1.807) is 14.2 Å². The number of thiol groups is 1. The summed E-state index contributed by atoms with van der Waals surface area (Å²) in [6.45, 7) is 1.83. The summed E-state index contributed by atoms with van der Waals surface area (Å²) in [7, 11) is 3.21. The molecule has 1 aromatic carbocycles. The van der Waals surface area contributed by atoms with Crippen LogP contribution in [0, 0.1) is 0 Å². The highest BCUT2D eigenvalue weighted by Crippen LogP contribution is 2.04. The molecule has 0 fully saturated rings. The first-order chi connectivity index (χ1) is 8.13. The molecule has 0 radical (unpaired) electrons. The van der Waals surface area contributed by atoms with Gasteiger partial charge in [-0.3, -0.25) is 0 Å². The molecule has 1 aromatic rings. The van der Waals surface area contributed by atoms with E-state index in [1.165, 1.54) is 0 Å². The lowest BCUT2D eigenvalue weighted by atomic mass is 10.1. The van der Waals surface area contributed by atoms with Crippen LogP contribution in [0.15, 0.2) is 30.3 Å². The lowest BCUT2D eigenvalue weighted by molar-refractivity contribution is -0.107. The molecule has 0 heterocycles. The van der Waals surface area contributed by atoms with Crippen LogP contribution in [0.2, 0.25) is 0 Å². The van der Waals surface area contributed by atoms with Crippen molar-refractivity contribution in [2.45, 2.75) is 24.9 Å². The normalized spacial score (nSPS) is 11.6. The smallest absolute Gasteiger partial charge is 0.154 e. The second kappa shape index (κ2) is 10.3. The number of hydrogen-bond acceptors (Lipinski definition) is 4. The predicted molar refractivity (Wildman–Crippen MR) is 72.5 cm³/mol. The van der Waals surface area contributed by atoms with Crippen LogP contribution >= 0.6 is 12.6 Å². The first-order valence-corrected chi connectivity index (χ1v) is 5.88. The molecule has 0 bridgehead atoms. The van der Waals surface area contributed by atoms with E-state index in [4.69, 9.17) is 0 Å². The molecule has 0 aliphatic carbocycles. The Labute approximate surface area is 109 Å². The maximum Gasteiger partial charge on any atom is 0.154 e. The second-order valence-electron chi connectivity index (χ2n) is 3.43. The topological polar surface area (TPSA) is 35.5 Å². The first-order valence-electron chi connectivity index (χ1n) is 5.36. The number of ether oxygens (including phenoxy) is 2. The van der Waals surface area contributed by atoms with Gasteiger partial charge in [0.05, 0.1) is 5.25 Å². The Morgan fingerprint density at radius 2 is 1.76 bits per heavy atom. The fraction of sp³-hybridized carbons (Fsp3) is 0.462. The highest BCUT2D eigenvalue weighted by molar-refractivity contribution is 7.81. The third kappa shape index (κ3) is 8.92. The van der Waals surface area contributed by atoms with E-state index < -0.39 is 0 Å². The van der Waals surface area contributed by atoms with Gasteiger partial charge in [0.2, 0.25) is 0 Å². The molecule has 0 N–H and O–H groups in total. The molecule has 1 rings (SSSR count). The van der Waals surface area contributed by atoms with Gasteiger partial charge in [-0.2, -0.15) is 12.6 Å². The lowest BCUT2D eigenvalue weighted by Crippen LogP contribution is -2.05. The van der Waals surface area contributed by atoms with E-state index in [2.05, 4.69) is 22.1 Å². The third-order valence-corrected chi connectivity index (χ3v) is 2.41. The van der Waals surface area contributed by atoms with Gasteiger partial charge in [0.25, 0.3) is 0 Å². The molecule has 96 valence electrons. The first kappa shape index (κ1) is 16.2. The fourth-order valence-corrected chi connectivity index (χ4v) is 1.21. The number of aldehydes is 1. The summed E-state index contributed by atoms with van der Waals surface area (Å²) >= 11 is 4.07. The maximum atomic E-state index is 10.2. The number of carbonyl (C=O) groups is 1. The van der Waals surface area contributed by atoms with Crippen LogP contribution in [0.5, 0.6) is 0 Å². The summed E-state index contributed by atoms with van der Waals surface area (Å²) in [5, 5.41) is -0.169. The van der Waals surface area contributed by atoms with Crippen molar-refractivity contribution in [3.05, 3.63) is 35.9 Å². The summed E-state index contributed by atoms with van der Waals surface area (Å²) in [6.07, 6.45) is 1.51. The molecule has 0 aromatic heterocycles. The molecular weight excluding hydrogens is 236 g/mol.